The molecule has 4 nitrogen and oxygen atoms in total. The molecule has 1 atom stereocenters. The molecule has 3 N–H and O–H groups in total. The lowest BCUT2D eigenvalue weighted by Gasteiger charge is -2.13. The van der Waals surface area contributed by atoms with Crippen molar-refractivity contribution in [2.75, 3.05) is 6.54 Å². The first-order valence-electron chi connectivity index (χ1n) is 7.05. The van der Waals surface area contributed by atoms with E-state index in [1.54, 1.807) is 30.3 Å². The van der Waals surface area contributed by atoms with E-state index in [1.807, 2.05) is 19.1 Å². The number of halogens is 1. The number of aliphatic hydroxyl groups excluding tert-OH is 1. The molecule has 22 heavy (non-hydrogen) atoms. The van der Waals surface area contributed by atoms with Crippen molar-refractivity contribution in [1.82, 2.24) is 5.32 Å². The summed E-state index contributed by atoms with van der Waals surface area (Å²) in [6.07, 6.45) is -0.0182. The van der Waals surface area contributed by atoms with Gasteiger partial charge in [-0.1, -0.05) is 41.1 Å². The standard InChI is InChI=1S/C17H18BrNO3/c1-2-11-6-7-14(15(20)8-11)17(22)19-10-16(21)12-4-3-5-13(18)9-12/h3-9,16,20-21H,2,10H2,1H3,(H,19,22)/t16-/m1/s1. The molecule has 2 rings (SSSR count). The SMILES string of the molecule is CCc1ccc(C(=O)NC[C@@H](O)c2cccc(Br)c2)c(O)c1. The zero-order valence-corrected chi connectivity index (χ0v) is 13.8. The van der Waals surface area contributed by atoms with Gasteiger partial charge in [0.1, 0.15) is 5.75 Å². The Labute approximate surface area is 137 Å². The number of aliphatic hydroxyl groups is 1. The Morgan fingerprint density at radius 2 is 2.05 bits per heavy atom. The van der Waals surface area contributed by atoms with Crippen LogP contribution in [0.3, 0.4) is 0 Å². The summed E-state index contributed by atoms with van der Waals surface area (Å²) in [6.45, 7) is 2.05. The summed E-state index contributed by atoms with van der Waals surface area (Å²) in [5.41, 5.74) is 1.88. The monoisotopic (exact) mass is 363 g/mol. The van der Waals surface area contributed by atoms with E-state index in [4.69, 9.17) is 0 Å². The van der Waals surface area contributed by atoms with E-state index in [-0.39, 0.29) is 17.9 Å². The first-order chi connectivity index (χ1) is 10.5. The summed E-state index contributed by atoms with van der Waals surface area (Å²) in [5, 5.41) is 22.6. The molecule has 0 saturated heterocycles. The van der Waals surface area contributed by atoms with Crippen LogP contribution in [0.2, 0.25) is 0 Å². The molecule has 2 aromatic carbocycles. The zero-order chi connectivity index (χ0) is 16.1. The largest absolute Gasteiger partial charge is 0.507 e. The Hall–Kier alpha value is -1.85. The van der Waals surface area contributed by atoms with Gasteiger partial charge in [0.2, 0.25) is 0 Å². The minimum Gasteiger partial charge on any atom is -0.507 e. The fourth-order valence-electron chi connectivity index (χ4n) is 2.11. The van der Waals surface area contributed by atoms with Crippen molar-refractivity contribution < 1.29 is 15.0 Å². The number of hydrogen-bond acceptors (Lipinski definition) is 3. The third kappa shape index (κ3) is 4.08. The zero-order valence-electron chi connectivity index (χ0n) is 12.2. The minimum absolute atomic E-state index is 0.0474. The predicted octanol–water partition coefficient (Wildman–Crippen LogP) is 3.18. The van der Waals surface area contributed by atoms with Gasteiger partial charge in [0.25, 0.3) is 5.91 Å². The Kier molecular flexibility index (Phi) is 5.57. The van der Waals surface area contributed by atoms with E-state index in [0.717, 1.165) is 16.5 Å². The number of aromatic hydroxyl groups is 1. The highest BCUT2D eigenvalue weighted by molar-refractivity contribution is 9.10. The predicted molar refractivity (Wildman–Crippen MR) is 88.9 cm³/mol. The molecule has 0 aliphatic heterocycles. The van der Waals surface area contributed by atoms with E-state index >= 15 is 0 Å². The van der Waals surface area contributed by atoms with E-state index in [1.165, 1.54) is 0 Å². The Bertz CT molecular complexity index is 673. The lowest BCUT2D eigenvalue weighted by molar-refractivity contribution is 0.0913. The normalized spacial score (nSPS) is 12.0. The highest BCUT2D eigenvalue weighted by Crippen LogP contribution is 2.20. The fourth-order valence-corrected chi connectivity index (χ4v) is 2.52. The van der Waals surface area contributed by atoms with E-state index in [9.17, 15) is 15.0 Å². The van der Waals surface area contributed by atoms with Crippen LogP contribution in [0.15, 0.2) is 46.9 Å². The van der Waals surface area contributed by atoms with Crippen LogP contribution in [0.4, 0.5) is 0 Å². The van der Waals surface area contributed by atoms with Crippen LogP contribution >= 0.6 is 15.9 Å². The average molecular weight is 364 g/mol. The van der Waals surface area contributed by atoms with E-state index in [2.05, 4.69) is 21.2 Å². The smallest absolute Gasteiger partial charge is 0.255 e. The second kappa shape index (κ2) is 7.42. The molecule has 2 aromatic rings. The number of hydrogen-bond donors (Lipinski definition) is 3. The molecule has 0 spiro atoms. The topological polar surface area (TPSA) is 69.6 Å². The summed E-state index contributed by atoms with van der Waals surface area (Å²) in [4.78, 5) is 12.1. The first-order valence-corrected chi connectivity index (χ1v) is 7.84. The summed E-state index contributed by atoms with van der Waals surface area (Å²) in [5.74, 6) is -0.456. The lowest BCUT2D eigenvalue weighted by atomic mass is 10.1. The highest BCUT2D eigenvalue weighted by atomic mass is 79.9. The molecule has 116 valence electrons. The van der Waals surface area contributed by atoms with E-state index < -0.39 is 12.0 Å². The molecule has 0 aliphatic carbocycles. The van der Waals surface area contributed by atoms with Crippen LogP contribution in [-0.4, -0.2) is 22.7 Å². The molecular formula is C17H18BrNO3. The quantitative estimate of drug-likeness (QED) is 0.763. The number of rotatable bonds is 5. The number of phenols is 1. The molecule has 0 aliphatic rings. The molecule has 0 bridgehead atoms. The second-order valence-corrected chi connectivity index (χ2v) is 5.90. The van der Waals surface area contributed by atoms with Gasteiger partial charge in [-0.25, -0.2) is 0 Å². The van der Waals surface area contributed by atoms with Crippen LogP contribution in [0.1, 0.15) is 34.5 Å². The summed E-state index contributed by atoms with van der Waals surface area (Å²) < 4.78 is 0.864. The van der Waals surface area contributed by atoms with Gasteiger partial charge in [0.15, 0.2) is 0 Å². The van der Waals surface area contributed by atoms with Gasteiger partial charge in [-0.3, -0.25) is 4.79 Å². The van der Waals surface area contributed by atoms with Gasteiger partial charge in [-0.05, 0) is 41.8 Å². The van der Waals surface area contributed by atoms with Gasteiger partial charge >= 0.3 is 0 Å². The fraction of sp³-hybridized carbons (Fsp3) is 0.235. The Morgan fingerprint density at radius 1 is 1.27 bits per heavy atom. The number of aryl methyl sites for hydroxylation is 1. The number of benzene rings is 2. The number of nitrogens with one attached hydrogen (secondary N) is 1. The number of carbonyl (C=O) groups excluding carboxylic acids is 1. The van der Waals surface area contributed by atoms with Crippen LogP contribution in [0.5, 0.6) is 5.75 Å². The Balaban J connectivity index is 2.00. The van der Waals surface area contributed by atoms with Crippen molar-refractivity contribution in [3.8, 4) is 5.75 Å². The maximum Gasteiger partial charge on any atom is 0.255 e. The molecule has 0 radical (unpaired) electrons. The average Bonchev–Trinajstić information content (AvgIpc) is 2.52. The van der Waals surface area contributed by atoms with Crippen molar-refractivity contribution in [2.24, 2.45) is 0 Å². The van der Waals surface area contributed by atoms with Crippen molar-refractivity contribution in [2.45, 2.75) is 19.4 Å². The van der Waals surface area contributed by atoms with Gasteiger partial charge < -0.3 is 15.5 Å². The van der Waals surface area contributed by atoms with E-state index in [0.29, 0.717) is 5.56 Å². The minimum atomic E-state index is -0.807. The van der Waals surface area contributed by atoms with Crippen molar-refractivity contribution in [1.29, 1.82) is 0 Å². The van der Waals surface area contributed by atoms with Gasteiger partial charge in [0, 0.05) is 11.0 Å². The molecule has 0 saturated carbocycles. The molecule has 0 fully saturated rings. The van der Waals surface area contributed by atoms with Gasteiger partial charge in [-0.15, -0.1) is 0 Å². The third-order valence-corrected chi connectivity index (χ3v) is 3.90. The van der Waals surface area contributed by atoms with Crippen LogP contribution in [0.25, 0.3) is 0 Å². The third-order valence-electron chi connectivity index (χ3n) is 3.40. The maximum absolute atomic E-state index is 12.1. The Morgan fingerprint density at radius 3 is 2.68 bits per heavy atom. The van der Waals surface area contributed by atoms with Gasteiger partial charge in [0.05, 0.1) is 11.7 Å². The van der Waals surface area contributed by atoms with Crippen LogP contribution in [0, 0.1) is 0 Å². The summed E-state index contributed by atoms with van der Waals surface area (Å²) in [7, 11) is 0. The lowest BCUT2D eigenvalue weighted by Crippen LogP contribution is -2.28. The number of phenolic OH excluding ortho intramolecular Hbond substituents is 1. The number of amides is 1. The van der Waals surface area contributed by atoms with Gasteiger partial charge in [-0.2, -0.15) is 0 Å². The molecule has 0 unspecified atom stereocenters. The maximum atomic E-state index is 12.1. The van der Waals surface area contributed by atoms with Crippen molar-refractivity contribution in [3.63, 3.8) is 0 Å². The molecular weight excluding hydrogens is 346 g/mol. The summed E-state index contributed by atoms with van der Waals surface area (Å²) >= 11 is 3.34. The van der Waals surface area contributed by atoms with Crippen LogP contribution < -0.4 is 5.32 Å². The highest BCUT2D eigenvalue weighted by Gasteiger charge is 2.14. The second-order valence-electron chi connectivity index (χ2n) is 4.99. The number of carbonyl (C=O) groups is 1. The molecule has 0 aromatic heterocycles. The summed E-state index contributed by atoms with van der Waals surface area (Å²) in [6, 6.07) is 12.2. The van der Waals surface area contributed by atoms with Crippen molar-refractivity contribution >= 4 is 21.8 Å². The molecule has 1 amide bonds. The molecule has 0 heterocycles. The van der Waals surface area contributed by atoms with Crippen LogP contribution in [-0.2, 0) is 6.42 Å². The first kappa shape index (κ1) is 16.5. The molecule has 5 heteroatoms. The van der Waals surface area contributed by atoms with Crippen molar-refractivity contribution in [3.05, 3.63) is 63.6 Å².